The molecule has 9 heteroatoms. The highest BCUT2D eigenvalue weighted by Gasteiger charge is 2.30. The number of aryl methyl sites for hydroxylation is 1. The lowest BCUT2D eigenvalue weighted by atomic mass is 10.1. The van der Waals surface area contributed by atoms with Crippen molar-refractivity contribution < 1.29 is 22.7 Å². The fourth-order valence-corrected chi connectivity index (χ4v) is 4.15. The monoisotopic (exact) mass is 489 g/mol. The SMILES string of the molecule is COc1cccc(N(CC(=O)N(Cc2ccc(C)cc2)C(C)C(=O)NCC(C)C)S(C)(=O)=O)c1. The van der Waals surface area contributed by atoms with Gasteiger partial charge in [-0.15, -0.1) is 0 Å². The second-order valence-electron chi connectivity index (χ2n) is 8.79. The van der Waals surface area contributed by atoms with Gasteiger partial charge in [0.25, 0.3) is 0 Å². The maximum atomic E-state index is 13.5. The van der Waals surface area contributed by atoms with E-state index >= 15 is 0 Å². The van der Waals surface area contributed by atoms with E-state index in [1.54, 1.807) is 31.2 Å². The number of anilines is 1. The van der Waals surface area contributed by atoms with Crippen LogP contribution in [0.15, 0.2) is 48.5 Å². The van der Waals surface area contributed by atoms with Crippen LogP contribution < -0.4 is 14.4 Å². The summed E-state index contributed by atoms with van der Waals surface area (Å²) in [5.41, 5.74) is 2.22. The van der Waals surface area contributed by atoms with E-state index in [1.807, 2.05) is 45.0 Å². The smallest absolute Gasteiger partial charge is 0.244 e. The van der Waals surface area contributed by atoms with Crippen LogP contribution >= 0.6 is 0 Å². The first kappa shape index (κ1) is 27.2. The van der Waals surface area contributed by atoms with Gasteiger partial charge in [0, 0.05) is 19.2 Å². The number of methoxy groups -OCH3 is 1. The first-order valence-electron chi connectivity index (χ1n) is 11.2. The minimum absolute atomic E-state index is 0.172. The molecule has 1 unspecified atom stereocenters. The van der Waals surface area contributed by atoms with Crippen LogP contribution in [0.1, 0.15) is 31.9 Å². The zero-order valence-corrected chi connectivity index (χ0v) is 21.6. The van der Waals surface area contributed by atoms with Crippen LogP contribution in [0.5, 0.6) is 5.75 Å². The quantitative estimate of drug-likeness (QED) is 0.524. The summed E-state index contributed by atoms with van der Waals surface area (Å²) in [5.74, 6) is -0.0507. The van der Waals surface area contributed by atoms with Crippen LogP contribution in [0, 0.1) is 12.8 Å². The Balaban J connectivity index is 2.37. The number of rotatable bonds is 11. The normalized spacial score (nSPS) is 12.2. The van der Waals surface area contributed by atoms with Crippen LogP contribution in [-0.4, -0.2) is 57.6 Å². The van der Waals surface area contributed by atoms with Crippen molar-refractivity contribution in [2.75, 3.05) is 30.8 Å². The molecule has 0 aliphatic carbocycles. The number of nitrogens with zero attached hydrogens (tertiary/aromatic N) is 2. The van der Waals surface area contributed by atoms with E-state index in [0.29, 0.717) is 18.0 Å². The minimum Gasteiger partial charge on any atom is -0.497 e. The van der Waals surface area contributed by atoms with Gasteiger partial charge in [0.15, 0.2) is 0 Å². The van der Waals surface area contributed by atoms with Crippen molar-refractivity contribution in [3.8, 4) is 5.75 Å². The molecule has 2 amide bonds. The number of hydrogen-bond donors (Lipinski definition) is 1. The molecule has 34 heavy (non-hydrogen) atoms. The topological polar surface area (TPSA) is 96.0 Å². The van der Waals surface area contributed by atoms with Gasteiger partial charge in [0.2, 0.25) is 21.8 Å². The van der Waals surface area contributed by atoms with Crippen molar-refractivity contribution in [3.63, 3.8) is 0 Å². The van der Waals surface area contributed by atoms with Gasteiger partial charge < -0.3 is 15.0 Å². The summed E-state index contributed by atoms with van der Waals surface area (Å²) in [4.78, 5) is 27.7. The van der Waals surface area contributed by atoms with E-state index in [0.717, 1.165) is 21.7 Å². The highest BCUT2D eigenvalue weighted by atomic mass is 32.2. The van der Waals surface area contributed by atoms with Crippen LogP contribution in [0.3, 0.4) is 0 Å². The second kappa shape index (κ2) is 11.9. The predicted molar refractivity (Wildman–Crippen MR) is 134 cm³/mol. The molecule has 2 aromatic carbocycles. The van der Waals surface area contributed by atoms with Gasteiger partial charge in [-0.1, -0.05) is 49.7 Å². The molecule has 1 N–H and O–H groups in total. The summed E-state index contributed by atoms with van der Waals surface area (Å²) >= 11 is 0. The van der Waals surface area contributed by atoms with Gasteiger partial charge in [0.1, 0.15) is 18.3 Å². The average Bonchev–Trinajstić information content (AvgIpc) is 2.79. The minimum atomic E-state index is -3.79. The number of carbonyl (C=O) groups excluding carboxylic acids is 2. The molecule has 2 rings (SSSR count). The van der Waals surface area contributed by atoms with Gasteiger partial charge in [-0.3, -0.25) is 13.9 Å². The molecule has 0 fully saturated rings. The van der Waals surface area contributed by atoms with Gasteiger partial charge in [-0.05, 0) is 37.5 Å². The number of hydrogen-bond acceptors (Lipinski definition) is 5. The molecular weight excluding hydrogens is 454 g/mol. The summed E-state index contributed by atoms with van der Waals surface area (Å²) in [6.07, 6.45) is 1.04. The Bertz CT molecular complexity index is 1080. The largest absolute Gasteiger partial charge is 0.497 e. The summed E-state index contributed by atoms with van der Waals surface area (Å²) in [6.45, 7) is 7.79. The summed E-state index contributed by atoms with van der Waals surface area (Å²) < 4.78 is 31.4. The molecule has 0 saturated heterocycles. The van der Waals surface area contributed by atoms with E-state index in [-0.39, 0.29) is 18.4 Å². The molecule has 1 atom stereocenters. The van der Waals surface area contributed by atoms with E-state index in [1.165, 1.54) is 12.0 Å². The highest BCUT2D eigenvalue weighted by Crippen LogP contribution is 2.23. The van der Waals surface area contributed by atoms with Crippen molar-refractivity contribution in [3.05, 3.63) is 59.7 Å². The Morgan fingerprint density at radius 3 is 2.26 bits per heavy atom. The number of benzene rings is 2. The lowest BCUT2D eigenvalue weighted by Gasteiger charge is -2.31. The maximum Gasteiger partial charge on any atom is 0.244 e. The van der Waals surface area contributed by atoms with Crippen molar-refractivity contribution >= 4 is 27.5 Å². The van der Waals surface area contributed by atoms with Crippen LogP contribution in [0.25, 0.3) is 0 Å². The predicted octanol–water partition coefficient (Wildman–Crippen LogP) is 2.96. The van der Waals surface area contributed by atoms with Gasteiger partial charge in [-0.25, -0.2) is 8.42 Å². The van der Waals surface area contributed by atoms with E-state index in [2.05, 4.69) is 5.32 Å². The van der Waals surface area contributed by atoms with E-state index in [9.17, 15) is 18.0 Å². The van der Waals surface area contributed by atoms with Crippen LogP contribution in [-0.2, 0) is 26.2 Å². The van der Waals surface area contributed by atoms with Crippen LogP contribution in [0.4, 0.5) is 5.69 Å². The molecule has 0 bridgehead atoms. The Morgan fingerprint density at radius 1 is 1.06 bits per heavy atom. The molecule has 0 saturated carbocycles. The number of nitrogens with one attached hydrogen (secondary N) is 1. The summed E-state index contributed by atoms with van der Waals surface area (Å²) in [5, 5.41) is 2.86. The zero-order chi connectivity index (χ0) is 25.5. The third-order valence-electron chi connectivity index (χ3n) is 5.35. The average molecular weight is 490 g/mol. The maximum absolute atomic E-state index is 13.5. The standard InChI is InChI=1S/C25H35N3O5S/c1-18(2)15-26-25(30)20(4)27(16-21-12-10-19(3)11-13-21)24(29)17-28(34(6,31)32)22-8-7-9-23(14-22)33-5/h7-14,18,20H,15-17H2,1-6H3,(H,26,30). The summed E-state index contributed by atoms with van der Waals surface area (Å²) in [6, 6.07) is 13.4. The highest BCUT2D eigenvalue weighted by molar-refractivity contribution is 7.92. The van der Waals surface area contributed by atoms with Gasteiger partial charge in [0.05, 0.1) is 19.1 Å². The van der Waals surface area contributed by atoms with Crippen LogP contribution in [0.2, 0.25) is 0 Å². The Kier molecular flexibility index (Phi) is 9.49. The summed E-state index contributed by atoms with van der Waals surface area (Å²) in [7, 11) is -2.31. The lowest BCUT2D eigenvalue weighted by molar-refractivity contribution is -0.139. The third-order valence-corrected chi connectivity index (χ3v) is 6.49. The molecule has 8 nitrogen and oxygen atoms in total. The second-order valence-corrected chi connectivity index (χ2v) is 10.7. The van der Waals surface area contributed by atoms with Crippen molar-refractivity contribution in [1.29, 1.82) is 0 Å². The first-order chi connectivity index (χ1) is 15.9. The Hall–Kier alpha value is -3.07. The lowest BCUT2D eigenvalue weighted by Crippen LogP contribution is -2.51. The van der Waals surface area contributed by atoms with Crippen molar-refractivity contribution in [2.45, 2.75) is 40.3 Å². The zero-order valence-electron chi connectivity index (χ0n) is 20.7. The molecule has 0 aromatic heterocycles. The molecule has 2 aromatic rings. The number of ether oxygens (including phenoxy) is 1. The molecule has 186 valence electrons. The number of amides is 2. The molecule has 0 heterocycles. The van der Waals surface area contributed by atoms with Crippen molar-refractivity contribution in [2.24, 2.45) is 5.92 Å². The molecule has 0 aliphatic heterocycles. The van der Waals surface area contributed by atoms with Gasteiger partial charge in [-0.2, -0.15) is 0 Å². The first-order valence-corrected chi connectivity index (χ1v) is 13.0. The molecular formula is C25H35N3O5S. The Morgan fingerprint density at radius 2 is 1.71 bits per heavy atom. The number of carbonyl (C=O) groups is 2. The third kappa shape index (κ3) is 7.76. The fraction of sp³-hybridized carbons (Fsp3) is 0.440. The van der Waals surface area contributed by atoms with E-state index < -0.39 is 28.5 Å². The van der Waals surface area contributed by atoms with E-state index in [4.69, 9.17) is 4.74 Å². The number of sulfonamides is 1. The molecule has 0 aliphatic rings. The molecule has 0 spiro atoms. The Labute approximate surface area is 202 Å². The molecule has 0 radical (unpaired) electrons. The fourth-order valence-electron chi connectivity index (χ4n) is 3.30. The van der Waals surface area contributed by atoms with Gasteiger partial charge >= 0.3 is 0 Å². The van der Waals surface area contributed by atoms with Crippen molar-refractivity contribution in [1.82, 2.24) is 10.2 Å².